The van der Waals surface area contributed by atoms with Crippen LogP contribution in [0.4, 0.5) is 14.9 Å². The molecule has 13 heteroatoms. The number of sulfonamides is 1. The third-order valence-electron chi connectivity index (χ3n) is 10.2. The molecule has 2 aliphatic heterocycles. The van der Waals surface area contributed by atoms with Crippen LogP contribution in [0, 0.1) is 11.7 Å². The van der Waals surface area contributed by atoms with Crippen LogP contribution in [-0.4, -0.2) is 79.0 Å². The Bertz CT molecular complexity index is 1530. The van der Waals surface area contributed by atoms with Crippen molar-refractivity contribution in [2.75, 3.05) is 24.2 Å². The van der Waals surface area contributed by atoms with Gasteiger partial charge in [-0.1, -0.05) is 29.8 Å². The smallest absolute Gasteiger partial charge is 0.405 e. The second-order valence-electron chi connectivity index (χ2n) is 13.5. The Morgan fingerprint density at radius 2 is 1.74 bits per heavy atom. The maximum absolute atomic E-state index is 15.4. The third kappa shape index (κ3) is 8.45. The van der Waals surface area contributed by atoms with Crippen LogP contribution in [0.15, 0.2) is 42.5 Å². The number of rotatable bonds is 11. The molecule has 2 saturated heterocycles. The summed E-state index contributed by atoms with van der Waals surface area (Å²) in [6, 6.07) is 10.1. The Balaban J connectivity index is 1.22. The molecule has 2 bridgehead atoms. The van der Waals surface area contributed by atoms with Crippen LogP contribution >= 0.6 is 11.6 Å². The van der Waals surface area contributed by atoms with Crippen LogP contribution in [0.25, 0.3) is 0 Å². The number of ether oxygens (including phenoxy) is 1. The first-order valence-electron chi connectivity index (χ1n) is 16.8. The number of carbonyl (C=O) groups is 2. The molecule has 10 nitrogen and oxygen atoms in total. The van der Waals surface area contributed by atoms with Crippen LogP contribution < -0.4 is 16.0 Å². The summed E-state index contributed by atoms with van der Waals surface area (Å²) in [6.45, 7) is 0.873. The molecule has 0 spiro atoms. The molecule has 4 aliphatic rings. The number of nitrogens with zero attached hydrogens (tertiary/aromatic N) is 1. The van der Waals surface area contributed by atoms with Gasteiger partial charge in [0.2, 0.25) is 15.9 Å². The van der Waals surface area contributed by atoms with Crippen molar-refractivity contribution >= 4 is 39.3 Å². The van der Waals surface area contributed by atoms with E-state index in [4.69, 9.17) is 16.3 Å². The van der Waals surface area contributed by atoms with Crippen molar-refractivity contribution in [3.63, 3.8) is 0 Å². The molecule has 4 fully saturated rings. The second kappa shape index (κ2) is 14.8. The predicted molar refractivity (Wildman–Crippen MR) is 178 cm³/mol. The molecule has 47 heavy (non-hydrogen) atoms. The molecule has 4 N–H and O–H groups in total. The summed E-state index contributed by atoms with van der Waals surface area (Å²) in [5, 5.41) is 19.2. The van der Waals surface area contributed by atoms with Gasteiger partial charge in [0, 0.05) is 47.4 Å². The summed E-state index contributed by atoms with van der Waals surface area (Å²) in [7, 11) is -3.41. The topological polar surface area (TPSA) is 137 Å². The highest BCUT2D eigenvalue weighted by atomic mass is 35.5. The zero-order valence-corrected chi connectivity index (χ0v) is 27.9. The quantitative estimate of drug-likeness (QED) is 0.252. The van der Waals surface area contributed by atoms with E-state index in [1.165, 1.54) is 12.1 Å². The minimum absolute atomic E-state index is 0.0111. The fourth-order valence-electron chi connectivity index (χ4n) is 7.63. The summed E-state index contributed by atoms with van der Waals surface area (Å²) in [4.78, 5) is 26.2. The van der Waals surface area contributed by atoms with Crippen molar-refractivity contribution in [3.05, 3.63) is 64.4 Å². The molecule has 2 aromatic rings. The molecular formula is C34H44ClFN4O6S. The van der Waals surface area contributed by atoms with E-state index in [-0.39, 0.29) is 47.5 Å². The maximum atomic E-state index is 15.4. The summed E-state index contributed by atoms with van der Waals surface area (Å²) in [5.41, 5.74) is 1.28. The first-order chi connectivity index (χ1) is 22.6. The van der Waals surface area contributed by atoms with Gasteiger partial charge in [-0.3, -0.25) is 4.79 Å². The lowest BCUT2D eigenvalue weighted by atomic mass is 9.72. The van der Waals surface area contributed by atoms with E-state index in [9.17, 15) is 23.1 Å². The summed E-state index contributed by atoms with van der Waals surface area (Å²) >= 11 is 6.20. The van der Waals surface area contributed by atoms with Crippen molar-refractivity contribution in [2.45, 2.75) is 100 Å². The maximum Gasteiger partial charge on any atom is 0.405 e. The predicted octanol–water partition coefficient (Wildman–Crippen LogP) is 5.27. The highest BCUT2D eigenvalue weighted by Gasteiger charge is 2.41. The fourth-order valence-corrected chi connectivity index (χ4v) is 9.56. The monoisotopic (exact) mass is 690 g/mol. The van der Waals surface area contributed by atoms with Gasteiger partial charge in [0.15, 0.2) is 0 Å². The van der Waals surface area contributed by atoms with E-state index in [0.29, 0.717) is 37.1 Å². The molecule has 256 valence electrons. The standard InChI is InChI=1S/C34H44ClFN4O6S/c35-23-10-6-21(7-11-23)31(22-8-13-26(14-9-22)46-27-15-16-27)32(39-34(42)43)33(41)38-30-5-1-4-29(36)28(30)17-12-25-19-37-24-3-2-18-47(44,45)40(25)20-24/h1,4-7,10-11,22,24-27,31-32,37,39H,2-3,8-9,12-20H2,(H,38,41)(H,42,43)/t22?,24-,25+,26?,31+,32+/m1/s1. The van der Waals surface area contributed by atoms with E-state index >= 15 is 4.39 Å². The van der Waals surface area contributed by atoms with Crippen LogP contribution in [-0.2, 0) is 26.0 Å². The highest BCUT2D eigenvalue weighted by molar-refractivity contribution is 7.89. The first kappa shape index (κ1) is 34.1. The van der Waals surface area contributed by atoms with Crippen molar-refractivity contribution in [1.82, 2.24) is 14.9 Å². The summed E-state index contributed by atoms with van der Waals surface area (Å²) in [5.74, 6) is -1.52. The Morgan fingerprint density at radius 3 is 2.43 bits per heavy atom. The molecule has 2 heterocycles. The SMILES string of the molecule is O=C(O)N[C@H](C(=O)Nc1cccc(F)c1CC[C@H]1CN[C@@H]2CCCS(=O)(=O)N1C2)[C@@H](c1ccc(Cl)cc1)C1CCC(OC2CC2)CC1. The molecule has 6 rings (SSSR count). The van der Waals surface area contributed by atoms with Crippen molar-refractivity contribution < 1.29 is 32.2 Å². The fraction of sp³-hybridized carbons (Fsp3) is 0.588. The van der Waals surface area contributed by atoms with Crippen LogP contribution in [0.3, 0.4) is 0 Å². The number of piperazine rings is 1. The van der Waals surface area contributed by atoms with E-state index in [1.807, 2.05) is 12.1 Å². The van der Waals surface area contributed by atoms with Crippen LogP contribution in [0.1, 0.15) is 74.8 Å². The van der Waals surface area contributed by atoms with E-state index < -0.39 is 39.8 Å². The Kier molecular flexibility index (Phi) is 10.7. The third-order valence-corrected chi connectivity index (χ3v) is 12.4. The van der Waals surface area contributed by atoms with E-state index in [0.717, 1.165) is 50.5 Å². The van der Waals surface area contributed by atoms with Gasteiger partial charge < -0.3 is 25.8 Å². The normalized spacial score (nSPS) is 28.4. The van der Waals surface area contributed by atoms with Gasteiger partial charge in [-0.25, -0.2) is 17.6 Å². The van der Waals surface area contributed by atoms with Crippen LogP contribution in [0.5, 0.6) is 0 Å². The second-order valence-corrected chi connectivity index (χ2v) is 15.9. The number of hydrogen-bond donors (Lipinski definition) is 4. The number of hydrogen-bond acceptors (Lipinski definition) is 6. The number of amides is 2. The number of benzene rings is 2. The Hall–Kier alpha value is -2.77. The number of halogens is 2. The number of carbonyl (C=O) groups excluding carboxylic acids is 1. The van der Waals surface area contributed by atoms with Gasteiger partial charge in [-0.15, -0.1) is 0 Å². The van der Waals surface area contributed by atoms with Gasteiger partial charge in [0.25, 0.3) is 0 Å². The molecule has 2 amide bonds. The van der Waals surface area contributed by atoms with Gasteiger partial charge in [0.1, 0.15) is 11.9 Å². The lowest BCUT2D eigenvalue weighted by Gasteiger charge is -2.38. The van der Waals surface area contributed by atoms with E-state index in [1.54, 1.807) is 22.5 Å². The molecule has 0 aromatic heterocycles. The van der Waals surface area contributed by atoms with Crippen LogP contribution in [0.2, 0.25) is 5.02 Å². The van der Waals surface area contributed by atoms with E-state index in [2.05, 4.69) is 16.0 Å². The number of carboxylic acid groups (broad SMARTS) is 1. The van der Waals surface area contributed by atoms with Gasteiger partial charge in [-0.05, 0) is 100.0 Å². The lowest BCUT2D eigenvalue weighted by Crippen LogP contribution is -2.57. The molecule has 0 radical (unpaired) electrons. The Labute approximate surface area is 280 Å². The molecule has 5 atom stereocenters. The number of nitrogens with one attached hydrogen (secondary N) is 3. The molecule has 1 unspecified atom stereocenters. The van der Waals surface area contributed by atoms with Crippen molar-refractivity contribution in [3.8, 4) is 0 Å². The first-order valence-corrected chi connectivity index (χ1v) is 18.8. The van der Waals surface area contributed by atoms with Gasteiger partial charge in [0.05, 0.1) is 18.0 Å². The number of fused-ring (bicyclic) bond motifs is 2. The highest BCUT2D eigenvalue weighted by Crippen LogP contribution is 2.41. The zero-order valence-electron chi connectivity index (χ0n) is 26.4. The summed E-state index contributed by atoms with van der Waals surface area (Å²) in [6.07, 6.45) is 6.47. The molecule has 2 aromatic carbocycles. The van der Waals surface area contributed by atoms with Crippen molar-refractivity contribution in [2.24, 2.45) is 5.92 Å². The molecule has 2 saturated carbocycles. The summed E-state index contributed by atoms with van der Waals surface area (Å²) < 4.78 is 49.0. The van der Waals surface area contributed by atoms with Gasteiger partial charge in [-0.2, -0.15) is 4.31 Å². The lowest BCUT2D eigenvalue weighted by molar-refractivity contribution is -0.119. The van der Waals surface area contributed by atoms with Gasteiger partial charge >= 0.3 is 6.09 Å². The molecular weight excluding hydrogens is 647 g/mol. The van der Waals surface area contributed by atoms with Crippen molar-refractivity contribution in [1.29, 1.82) is 0 Å². The average molecular weight is 691 g/mol. The Morgan fingerprint density at radius 1 is 1.04 bits per heavy atom. The minimum atomic E-state index is -3.41. The largest absolute Gasteiger partial charge is 0.465 e. The zero-order chi connectivity index (χ0) is 33.1. The minimum Gasteiger partial charge on any atom is -0.465 e. The molecule has 2 aliphatic carbocycles. The number of anilines is 1. The average Bonchev–Trinajstić information content (AvgIpc) is 3.87.